The molecule has 1 aliphatic heterocycles. The summed E-state index contributed by atoms with van der Waals surface area (Å²) < 4.78 is 30.8. The quantitative estimate of drug-likeness (QED) is 0.812. The van der Waals surface area contributed by atoms with Crippen LogP contribution in [0.5, 0.6) is 0 Å². The lowest BCUT2D eigenvalue weighted by atomic mass is 10.2. The number of sulfone groups is 1. The number of aromatic nitrogens is 1. The molecule has 0 aliphatic carbocycles. The van der Waals surface area contributed by atoms with Crippen molar-refractivity contribution in [3.05, 3.63) is 53.0 Å². The molecule has 0 saturated carbocycles. The molecule has 1 amide bonds. The van der Waals surface area contributed by atoms with E-state index in [1.54, 1.807) is 44.4 Å². The maximum absolute atomic E-state index is 12.7. The van der Waals surface area contributed by atoms with Crippen molar-refractivity contribution in [3.8, 4) is 0 Å². The van der Waals surface area contributed by atoms with Crippen molar-refractivity contribution in [1.82, 2.24) is 4.98 Å². The van der Waals surface area contributed by atoms with Gasteiger partial charge in [-0.1, -0.05) is 6.07 Å². The minimum Gasteiger partial charge on any atom is -0.443 e. The Labute approximate surface area is 167 Å². The third-order valence-corrected chi connectivity index (χ3v) is 6.32. The number of hydrogen-bond donors (Lipinski definition) is 1. The summed E-state index contributed by atoms with van der Waals surface area (Å²) in [5.74, 6) is 0.513. The number of hydrogen-bond acceptors (Lipinski definition) is 8. The van der Waals surface area contributed by atoms with Gasteiger partial charge in [0.05, 0.1) is 10.6 Å². The van der Waals surface area contributed by atoms with E-state index in [4.69, 9.17) is 10.5 Å². The highest BCUT2D eigenvalue weighted by atomic mass is 32.2. The van der Waals surface area contributed by atoms with Gasteiger partial charge in [0.15, 0.2) is 5.37 Å². The zero-order valence-corrected chi connectivity index (χ0v) is 17.2. The van der Waals surface area contributed by atoms with E-state index in [-0.39, 0.29) is 16.4 Å². The number of thiophene rings is 1. The number of rotatable bonds is 4. The number of amidine groups is 1. The lowest BCUT2D eigenvalue weighted by Crippen LogP contribution is -2.42. The van der Waals surface area contributed by atoms with E-state index in [0.717, 1.165) is 0 Å². The molecule has 3 heterocycles. The maximum Gasteiger partial charge on any atom is 0.421 e. The van der Waals surface area contributed by atoms with Crippen molar-refractivity contribution in [1.29, 1.82) is 0 Å². The van der Waals surface area contributed by atoms with Crippen LogP contribution in [0.2, 0.25) is 0 Å². The molecule has 2 aromatic heterocycles. The van der Waals surface area contributed by atoms with Gasteiger partial charge in [0, 0.05) is 11.6 Å². The first kappa shape index (κ1) is 20.2. The van der Waals surface area contributed by atoms with Gasteiger partial charge in [-0.05, 0) is 50.4 Å². The Kier molecular flexibility index (Phi) is 5.37. The van der Waals surface area contributed by atoms with E-state index >= 15 is 0 Å². The van der Waals surface area contributed by atoms with Crippen LogP contribution in [0.3, 0.4) is 0 Å². The molecule has 1 atom stereocenters. The molecule has 0 saturated heterocycles. The SMILES string of the molecule is CC(C)(C)OC(=O)N(C1=NC=C1)c1cccc(C(N)S(=O)(=O)c2ccsc2)n1. The molecule has 148 valence electrons. The third-order valence-electron chi connectivity index (χ3n) is 3.67. The van der Waals surface area contributed by atoms with E-state index in [1.807, 2.05) is 0 Å². The van der Waals surface area contributed by atoms with Gasteiger partial charge in [0.1, 0.15) is 17.3 Å². The Morgan fingerprint density at radius 2 is 2.00 bits per heavy atom. The zero-order chi connectivity index (χ0) is 20.5. The normalized spacial score (nSPS) is 14.8. The van der Waals surface area contributed by atoms with Crippen molar-refractivity contribution >= 4 is 38.9 Å². The predicted molar refractivity (Wildman–Crippen MR) is 108 cm³/mol. The largest absolute Gasteiger partial charge is 0.443 e. The van der Waals surface area contributed by atoms with Gasteiger partial charge in [-0.25, -0.2) is 28.1 Å². The Hall–Kier alpha value is -2.56. The maximum atomic E-state index is 12.7. The molecular formula is C18H20N4O4S2. The minimum absolute atomic E-state index is 0.112. The minimum atomic E-state index is -3.81. The summed E-state index contributed by atoms with van der Waals surface area (Å²) in [5, 5.41) is 1.80. The predicted octanol–water partition coefficient (Wildman–Crippen LogP) is 3.24. The summed E-state index contributed by atoms with van der Waals surface area (Å²) in [6.45, 7) is 5.23. The van der Waals surface area contributed by atoms with E-state index in [0.29, 0.717) is 5.84 Å². The highest BCUT2D eigenvalue weighted by Gasteiger charge is 2.31. The number of nitrogens with zero attached hydrogens (tertiary/aromatic N) is 3. The fourth-order valence-electron chi connectivity index (χ4n) is 2.33. The fourth-order valence-corrected chi connectivity index (χ4v) is 4.63. The molecule has 2 N–H and O–H groups in total. The molecule has 10 heteroatoms. The zero-order valence-electron chi connectivity index (χ0n) is 15.6. The van der Waals surface area contributed by atoms with E-state index in [2.05, 4.69) is 9.98 Å². The van der Waals surface area contributed by atoms with Gasteiger partial charge >= 0.3 is 6.09 Å². The molecule has 8 nitrogen and oxygen atoms in total. The standard InChI is InChI=1S/C18H20N4O4S2/c1-18(2,3)26-17(23)22(14-7-9-20-14)15-6-4-5-13(21-15)16(19)28(24,25)12-8-10-27-11-12/h4-11,16H,19H2,1-3H3. The Morgan fingerprint density at radius 3 is 2.54 bits per heavy atom. The van der Waals surface area contributed by atoms with Crippen molar-refractivity contribution in [3.63, 3.8) is 0 Å². The first-order chi connectivity index (χ1) is 13.1. The van der Waals surface area contributed by atoms with Gasteiger partial charge < -0.3 is 10.5 Å². The van der Waals surface area contributed by atoms with Crippen molar-refractivity contribution < 1.29 is 17.9 Å². The lowest BCUT2D eigenvalue weighted by Gasteiger charge is -2.28. The summed E-state index contributed by atoms with van der Waals surface area (Å²) in [7, 11) is -3.81. The van der Waals surface area contributed by atoms with Crippen LogP contribution < -0.4 is 10.6 Å². The molecule has 0 aromatic carbocycles. The first-order valence-electron chi connectivity index (χ1n) is 8.36. The number of nitrogens with two attached hydrogens (primary N) is 1. The van der Waals surface area contributed by atoms with Crippen LogP contribution in [0.1, 0.15) is 31.8 Å². The summed E-state index contributed by atoms with van der Waals surface area (Å²) in [5.41, 5.74) is 5.40. The van der Waals surface area contributed by atoms with Crippen LogP contribution in [-0.4, -0.2) is 30.9 Å². The summed E-state index contributed by atoms with van der Waals surface area (Å²) in [6, 6.07) is 6.14. The van der Waals surface area contributed by atoms with E-state index in [9.17, 15) is 13.2 Å². The summed E-state index contributed by atoms with van der Waals surface area (Å²) >= 11 is 1.26. The van der Waals surface area contributed by atoms with E-state index < -0.39 is 26.9 Å². The van der Waals surface area contributed by atoms with Crippen LogP contribution in [0.15, 0.2) is 57.2 Å². The number of carbonyl (C=O) groups excluding carboxylic acids is 1. The second-order valence-electron chi connectivity index (χ2n) is 6.96. The van der Waals surface area contributed by atoms with E-state index in [1.165, 1.54) is 39.9 Å². The molecule has 28 heavy (non-hydrogen) atoms. The van der Waals surface area contributed by atoms with Gasteiger partial charge in [0.2, 0.25) is 9.84 Å². The second-order valence-corrected chi connectivity index (χ2v) is 9.81. The number of anilines is 1. The number of aliphatic imine (C=N–C) groups is 1. The molecule has 0 fully saturated rings. The van der Waals surface area contributed by atoms with Crippen LogP contribution in [-0.2, 0) is 14.6 Å². The van der Waals surface area contributed by atoms with Crippen LogP contribution in [0.25, 0.3) is 0 Å². The Bertz CT molecular complexity index is 1040. The van der Waals surface area contributed by atoms with Crippen molar-refractivity contribution in [2.45, 2.75) is 36.6 Å². The van der Waals surface area contributed by atoms with Crippen LogP contribution in [0.4, 0.5) is 10.6 Å². The monoisotopic (exact) mass is 420 g/mol. The fraction of sp³-hybridized carbons (Fsp3) is 0.278. The average molecular weight is 421 g/mol. The van der Waals surface area contributed by atoms with Gasteiger partial charge in [-0.15, -0.1) is 0 Å². The number of pyridine rings is 1. The van der Waals surface area contributed by atoms with Crippen molar-refractivity contribution in [2.75, 3.05) is 4.90 Å². The Balaban J connectivity index is 1.95. The molecule has 0 bridgehead atoms. The number of carbonyl (C=O) groups is 1. The van der Waals surface area contributed by atoms with Crippen molar-refractivity contribution in [2.24, 2.45) is 10.7 Å². The first-order valence-corrected chi connectivity index (χ1v) is 10.8. The average Bonchev–Trinajstić information content (AvgIpc) is 3.11. The van der Waals surface area contributed by atoms with Gasteiger partial charge in [0.25, 0.3) is 0 Å². The summed E-state index contributed by atoms with van der Waals surface area (Å²) in [6.07, 6.45) is 2.48. The third kappa shape index (κ3) is 4.13. The van der Waals surface area contributed by atoms with Gasteiger partial charge in [-0.2, -0.15) is 11.3 Å². The highest BCUT2D eigenvalue weighted by Crippen LogP contribution is 2.27. The molecular weight excluding hydrogens is 400 g/mol. The second kappa shape index (κ2) is 7.46. The number of amides is 1. The highest BCUT2D eigenvalue weighted by molar-refractivity contribution is 7.91. The topological polar surface area (TPSA) is 115 Å². The molecule has 0 spiro atoms. The van der Waals surface area contributed by atoms with Crippen LogP contribution >= 0.6 is 11.3 Å². The number of ether oxygens (including phenoxy) is 1. The van der Waals surface area contributed by atoms with Gasteiger partial charge in [-0.3, -0.25) is 0 Å². The lowest BCUT2D eigenvalue weighted by molar-refractivity contribution is 0.0603. The summed E-state index contributed by atoms with van der Waals surface area (Å²) in [4.78, 5) is 22.3. The Morgan fingerprint density at radius 1 is 1.29 bits per heavy atom. The van der Waals surface area contributed by atoms with Crippen LogP contribution in [0, 0.1) is 0 Å². The smallest absolute Gasteiger partial charge is 0.421 e. The molecule has 3 rings (SSSR count). The molecule has 1 aliphatic rings. The molecule has 0 radical (unpaired) electrons. The molecule has 2 aromatic rings. The molecule has 1 unspecified atom stereocenters.